The van der Waals surface area contributed by atoms with Gasteiger partial charge in [-0.2, -0.15) is 0 Å². The highest BCUT2D eigenvalue weighted by atomic mass is 79.9. The molecule has 2 rings (SSSR count). The second-order valence-corrected chi connectivity index (χ2v) is 5.25. The van der Waals surface area contributed by atoms with Crippen molar-refractivity contribution < 1.29 is 9.84 Å². The van der Waals surface area contributed by atoms with E-state index in [0.29, 0.717) is 12.6 Å². The van der Waals surface area contributed by atoms with E-state index in [4.69, 9.17) is 4.74 Å². The molecule has 1 aromatic rings. The van der Waals surface area contributed by atoms with E-state index in [9.17, 15) is 5.11 Å². The molecule has 4 heteroatoms. The zero-order valence-electron chi connectivity index (χ0n) is 9.95. The maximum atomic E-state index is 9.27. The fourth-order valence-electron chi connectivity index (χ4n) is 2.42. The van der Waals surface area contributed by atoms with Crippen molar-refractivity contribution in [3.05, 3.63) is 33.8 Å². The van der Waals surface area contributed by atoms with Crippen molar-refractivity contribution in [3.8, 4) is 0 Å². The Hall–Kier alpha value is -0.420. The van der Waals surface area contributed by atoms with Crippen LogP contribution in [0.2, 0.25) is 0 Å². The van der Waals surface area contributed by atoms with Crippen molar-refractivity contribution in [1.82, 2.24) is 5.32 Å². The van der Waals surface area contributed by atoms with E-state index in [1.54, 1.807) is 7.11 Å². The van der Waals surface area contributed by atoms with E-state index < -0.39 is 0 Å². The van der Waals surface area contributed by atoms with Crippen LogP contribution in [-0.2, 0) is 11.2 Å². The third kappa shape index (κ3) is 2.88. The Bertz CT molecular complexity index is 384. The van der Waals surface area contributed by atoms with Gasteiger partial charge in [-0.1, -0.05) is 28.1 Å². The number of aliphatic hydroxyl groups excluding tert-OH is 1. The molecular formula is C13H18BrNO2. The van der Waals surface area contributed by atoms with Gasteiger partial charge in [0.15, 0.2) is 0 Å². The van der Waals surface area contributed by atoms with Crippen LogP contribution in [0.5, 0.6) is 0 Å². The Balaban J connectivity index is 2.09. The molecule has 94 valence electrons. The average molecular weight is 300 g/mol. The molecule has 0 heterocycles. The van der Waals surface area contributed by atoms with Gasteiger partial charge in [-0.05, 0) is 30.0 Å². The van der Waals surface area contributed by atoms with E-state index in [-0.39, 0.29) is 12.6 Å². The highest BCUT2D eigenvalue weighted by Gasteiger charge is 2.25. The van der Waals surface area contributed by atoms with E-state index in [0.717, 1.165) is 12.8 Å². The first-order chi connectivity index (χ1) is 8.26. The number of nitrogens with one attached hydrogen (secondary N) is 1. The molecular weight excluding hydrogens is 282 g/mol. The summed E-state index contributed by atoms with van der Waals surface area (Å²) in [6.45, 7) is 0.643. The van der Waals surface area contributed by atoms with Crippen LogP contribution in [0.4, 0.5) is 0 Å². The lowest BCUT2D eigenvalue weighted by Crippen LogP contribution is -2.38. The molecule has 2 N–H and O–H groups in total. The van der Waals surface area contributed by atoms with Crippen LogP contribution in [0, 0.1) is 0 Å². The van der Waals surface area contributed by atoms with E-state index in [1.807, 2.05) is 0 Å². The summed E-state index contributed by atoms with van der Waals surface area (Å²) in [6, 6.07) is 6.64. The van der Waals surface area contributed by atoms with Gasteiger partial charge in [-0.15, -0.1) is 0 Å². The minimum Gasteiger partial charge on any atom is -0.395 e. The van der Waals surface area contributed by atoms with Crippen LogP contribution in [0.15, 0.2) is 22.7 Å². The van der Waals surface area contributed by atoms with Crippen LogP contribution in [0.25, 0.3) is 0 Å². The lowest BCUT2D eigenvalue weighted by Gasteiger charge is -2.21. The van der Waals surface area contributed by atoms with Gasteiger partial charge in [0.2, 0.25) is 0 Å². The number of hydrogen-bond donors (Lipinski definition) is 2. The van der Waals surface area contributed by atoms with Crippen molar-refractivity contribution in [2.24, 2.45) is 0 Å². The zero-order valence-corrected chi connectivity index (χ0v) is 11.5. The highest BCUT2D eigenvalue weighted by molar-refractivity contribution is 9.10. The number of fused-ring (bicyclic) bond motifs is 1. The van der Waals surface area contributed by atoms with Crippen LogP contribution in [0.1, 0.15) is 23.6 Å². The quantitative estimate of drug-likeness (QED) is 0.874. The fraction of sp³-hybridized carbons (Fsp3) is 0.538. The van der Waals surface area contributed by atoms with Crippen molar-refractivity contribution >= 4 is 15.9 Å². The number of methoxy groups -OCH3 is 1. The standard InChI is InChI=1S/C13H18BrNO2/c1-17-8-9(7-16)15-13-6-5-10-11(13)3-2-4-12(10)14/h2-4,9,13,15-16H,5-8H2,1H3. The minimum absolute atomic E-state index is 0.00920. The van der Waals surface area contributed by atoms with Crippen molar-refractivity contribution in [2.75, 3.05) is 20.3 Å². The van der Waals surface area contributed by atoms with E-state index in [2.05, 4.69) is 39.4 Å². The molecule has 0 bridgehead atoms. The van der Waals surface area contributed by atoms with Gasteiger partial charge in [0.1, 0.15) is 0 Å². The topological polar surface area (TPSA) is 41.5 Å². The first-order valence-electron chi connectivity index (χ1n) is 5.89. The van der Waals surface area contributed by atoms with Gasteiger partial charge in [0.05, 0.1) is 19.3 Å². The average Bonchev–Trinajstić information content (AvgIpc) is 2.73. The molecule has 2 unspecified atom stereocenters. The number of rotatable bonds is 5. The third-order valence-corrected chi connectivity index (χ3v) is 3.98. The van der Waals surface area contributed by atoms with Crippen molar-refractivity contribution in [3.63, 3.8) is 0 Å². The second kappa shape index (κ2) is 5.96. The van der Waals surface area contributed by atoms with Gasteiger partial charge in [-0.3, -0.25) is 0 Å². The Morgan fingerprint density at radius 2 is 2.41 bits per heavy atom. The number of aliphatic hydroxyl groups is 1. The third-order valence-electron chi connectivity index (χ3n) is 3.24. The fourth-order valence-corrected chi connectivity index (χ4v) is 3.00. The van der Waals surface area contributed by atoms with Crippen molar-refractivity contribution in [2.45, 2.75) is 24.9 Å². The summed E-state index contributed by atoms with van der Waals surface area (Å²) in [5.41, 5.74) is 2.73. The van der Waals surface area contributed by atoms with Crippen LogP contribution >= 0.6 is 15.9 Å². The van der Waals surface area contributed by atoms with Gasteiger partial charge < -0.3 is 15.2 Å². The molecule has 0 spiro atoms. The largest absolute Gasteiger partial charge is 0.395 e. The monoisotopic (exact) mass is 299 g/mol. The number of ether oxygens (including phenoxy) is 1. The number of halogens is 1. The molecule has 1 aliphatic rings. The predicted octanol–water partition coefficient (Wildman–Crippen LogP) is 2.03. The summed E-state index contributed by atoms with van der Waals surface area (Å²) in [7, 11) is 1.66. The zero-order chi connectivity index (χ0) is 12.3. The van der Waals surface area contributed by atoms with Gasteiger partial charge in [-0.25, -0.2) is 0 Å². The minimum atomic E-state index is 0.00920. The summed E-state index contributed by atoms with van der Waals surface area (Å²) < 4.78 is 6.27. The normalized spacial score (nSPS) is 20.3. The summed E-state index contributed by atoms with van der Waals surface area (Å²) >= 11 is 3.59. The molecule has 3 nitrogen and oxygen atoms in total. The summed E-state index contributed by atoms with van der Waals surface area (Å²) in [5, 5.41) is 12.7. The molecule has 1 aromatic carbocycles. The van der Waals surface area contributed by atoms with E-state index in [1.165, 1.54) is 15.6 Å². The molecule has 17 heavy (non-hydrogen) atoms. The molecule has 0 saturated carbocycles. The first kappa shape index (κ1) is 13.0. The van der Waals surface area contributed by atoms with Gasteiger partial charge >= 0.3 is 0 Å². The summed E-state index contributed by atoms with van der Waals surface area (Å²) in [6.07, 6.45) is 2.16. The molecule has 2 atom stereocenters. The van der Waals surface area contributed by atoms with Crippen LogP contribution < -0.4 is 5.32 Å². The number of hydrogen-bond acceptors (Lipinski definition) is 3. The van der Waals surface area contributed by atoms with E-state index >= 15 is 0 Å². The maximum Gasteiger partial charge on any atom is 0.0638 e. The second-order valence-electron chi connectivity index (χ2n) is 4.40. The summed E-state index contributed by atoms with van der Waals surface area (Å²) in [5.74, 6) is 0. The lowest BCUT2D eigenvalue weighted by atomic mass is 10.1. The highest BCUT2D eigenvalue weighted by Crippen LogP contribution is 2.35. The predicted molar refractivity (Wildman–Crippen MR) is 71.1 cm³/mol. The Kier molecular flexibility index (Phi) is 4.56. The number of benzene rings is 1. The molecule has 0 saturated heterocycles. The van der Waals surface area contributed by atoms with Crippen molar-refractivity contribution in [1.29, 1.82) is 0 Å². The molecule has 0 fully saturated rings. The van der Waals surface area contributed by atoms with Crippen LogP contribution in [0.3, 0.4) is 0 Å². The lowest BCUT2D eigenvalue weighted by molar-refractivity contribution is 0.122. The Morgan fingerprint density at radius 3 is 3.12 bits per heavy atom. The Labute approximate surface area is 110 Å². The Morgan fingerprint density at radius 1 is 1.59 bits per heavy atom. The molecule has 0 radical (unpaired) electrons. The molecule has 1 aliphatic carbocycles. The molecule has 0 aromatic heterocycles. The molecule has 0 aliphatic heterocycles. The SMILES string of the molecule is COCC(CO)NC1CCc2c(Br)cccc21. The maximum absolute atomic E-state index is 9.27. The smallest absolute Gasteiger partial charge is 0.0638 e. The summed E-state index contributed by atoms with van der Waals surface area (Å²) in [4.78, 5) is 0. The van der Waals surface area contributed by atoms with Gasteiger partial charge in [0, 0.05) is 17.6 Å². The molecule has 0 amide bonds. The van der Waals surface area contributed by atoms with Crippen LogP contribution in [-0.4, -0.2) is 31.5 Å². The first-order valence-corrected chi connectivity index (χ1v) is 6.68. The van der Waals surface area contributed by atoms with Gasteiger partial charge in [0.25, 0.3) is 0 Å².